The SMILES string of the molecule is CCCCC(N)Cc1cc(F)cc(F)c1. The predicted octanol–water partition coefficient (Wildman–Crippen LogP) is 3.02. The van der Waals surface area contributed by atoms with Gasteiger partial charge in [0, 0.05) is 12.1 Å². The van der Waals surface area contributed by atoms with Crippen LogP contribution in [0.15, 0.2) is 18.2 Å². The van der Waals surface area contributed by atoms with E-state index in [9.17, 15) is 8.78 Å². The first-order valence-electron chi connectivity index (χ1n) is 5.32. The molecule has 0 aromatic heterocycles. The van der Waals surface area contributed by atoms with Crippen molar-refractivity contribution in [1.29, 1.82) is 0 Å². The van der Waals surface area contributed by atoms with E-state index in [4.69, 9.17) is 5.73 Å². The number of halogens is 2. The summed E-state index contributed by atoms with van der Waals surface area (Å²) in [5.41, 5.74) is 6.48. The number of rotatable bonds is 5. The Balaban J connectivity index is 2.56. The van der Waals surface area contributed by atoms with Crippen LogP contribution in [0.1, 0.15) is 31.7 Å². The van der Waals surface area contributed by atoms with Gasteiger partial charge in [-0.05, 0) is 30.5 Å². The summed E-state index contributed by atoms with van der Waals surface area (Å²) in [6.45, 7) is 2.09. The summed E-state index contributed by atoms with van der Waals surface area (Å²) in [6, 6.07) is 3.55. The minimum absolute atomic E-state index is 0.00819. The van der Waals surface area contributed by atoms with Crippen molar-refractivity contribution in [1.82, 2.24) is 0 Å². The molecular formula is C12H17F2N. The number of hydrogen-bond donors (Lipinski definition) is 1. The van der Waals surface area contributed by atoms with Crippen molar-refractivity contribution < 1.29 is 8.78 Å². The predicted molar refractivity (Wildman–Crippen MR) is 57.6 cm³/mol. The molecule has 84 valence electrons. The second-order valence-corrected chi connectivity index (χ2v) is 3.88. The number of benzene rings is 1. The van der Waals surface area contributed by atoms with Crippen LogP contribution in [0.5, 0.6) is 0 Å². The lowest BCUT2D eigenvalue weighted by molar-refractivity contribution is 0.556. The van der Waals surface area contributed by atoms with Gasteiger partial charge in [0.15, 0.2) is 0 Å². The molecule has 1 aromatic rings. The summed E-state index contributed by atoms with van der Waals surface area (Å²) in [5, 5.41) is 0. The summed E-state index contributed by atoms with van der Waals surface area (Å²) < 4.78 is 25.7. The molecule has 0 bridgehead atoms. The van der Waals surface area contributed by atoms with Crippen LogP contribution in [0, 0.1) is 11.6 Å². The Morgan fingerprint density at radius 2 is 1.80 bits per heavy atom. The Hall–Kier alpha value is -0.960. The average Bonchev–Trinajstić information content (AvgIpc) is 2.13. The highest BCUT2D eigenvalue weighted by atomic mass is 19.1. The van der Waals surface area contributed by atoms with Gasteiger partial charge in [-0.3, -0.25) is 0 Å². The van der Waals surface area contributed by atoms with Gasteiger partial charge in [-0.1, -0.05) is 19.8 Å². The molecular weight excluding hydrogens is 196 g/mol. The van der Waals surface area contributed by atoms with Crippen molar-refractivity contribution in [2.75, 3.05) is 0 Å². The Kier molecular flexibility index (Phi) is 4.69. The molecule has 0 aliphatic carbocycles. The van der Waals surface area contributed by atoms with Gasteiger partial charge in [-0.15, -0.1) is 0 Å². The summed E-state index contributed by atoms with van der Waals surface area (Å²) in [5.74, 6) is -1.07. The molecule has 0 aliphatic rings. The molecule has 1 rings (SSSR count). The van der Waals surface area contributed by atoms with Gasteiger partial charge in [0.1, 0.15) is 11.6 Å². The lowest BCUT2D eigenvalue weighted by atomic mass is 10.0. The molecule has 0 fully saturated rings. The molecule has 0 heterocycles. The fourth-order valence-corrected chi connectivity index (χ4v) is 1.60. The summed E-state index contributed by atoms with van der Waals surface area (Å²) in [4.78, 5) is 0. The fourth-order valence-electron chi connectivity index (χ4n) is 1.60. The highest BCUT2D eigenvalue weighted by Crippen LogP contribution is 2.11. The molecule has 1 aromatic carbocycles. The van der Waals surface area contributed by atoms with Crippen LogP contribution in [0.3, 0.4) is 0 Å². The van der Waals surface area contributed by atoms with E-state index in [0.717, 1.165) is 25.3 Å². The van der Waals surface area contributed by atoms with Crippen molar-refractivity contribution in [3.63, 3.8) is 0 Å². The van der Waals surface area contributed by atoms with Crippen LogP contribution in [0.2, 0.25) is 0 Å². The van der Waals surface area contributed by atoms with Gasteiger partial charge in [0.25, 0.3) is 0 Å². The Labute approximate surface area is 89.3 Å². The normalized spacial score (nSPS) is 12.8. The maximum Gasteiger partial charge on any atom is 0.126 e. The van der Waals surface area contributed by atoms with Gasteiger partial charge in [-0.25, -0.2) is 8.78 Å². The second-order valence-electron chi connectivity index (χ2n) is 3.88. The van der Waals surface area contributed by atoms with E-state index in [2.05, 4.69) is 6.92 Å². The molecule has 1 nitrogen and oxygen atoms in total. The van der Waals surface area contributed by atoms with Crippen molar-refractivity contribution >= 4 is 0 Å². The minimum atomic E-state index is -0.535. The highest BCUT2D eigenvalue weighted by molar-refractivity contribution is 5.18. The Bertz CT molecular complexity index is 292. The van der Waals surface area contributed by atoms with E-state index < -0.39 is 11.6 Å². The molecule has 0 radical (unpaired) electrons. The van der Waals surface area contributed by atoms with Crippen LogP contribution in [-0.4, -0.2) is 6.04 Å². The van der Waals surface area contributed by atoms with Gasteiger partial charge < -0.3 is 5.73 Å². The third kappa shape index (κ3) is 4.38. The maximum atomic E-state index is 12.8. The first-order valence-corrected chi connectivity index (χ1v) is 5.32. The van der Waals surface area contributed by atoms with E-state index in [1.165, 1.54) is 12.1 Å². The molecule has 3 heteroatoms. The molecule has 2 N–H and O–H groups in total. The van der Waals surface area contributed by atoms with Crippen molar-refractivity contribution in [2.24, 2.45) is 5.73 Å². The summed E-state index contributed by atoms with van der Waals surface area (Å²) in [6.07, 6.45) is 3.58. The first-order chi connectivity index (χ1) is 7.11. The average molecular weight is 213 g/mol. The van der Waals surface area contributed by atoms with Gasteiger partial charge in [0.05, 0.1) is 0 Å². The largest absolute Gasteiger partial charge is 0.327 e. The van der Waals surface area contributed by atoms with Crippen LogP contribution in [-0.2, 0) is 6.42 Å². The highest BCUT2D eigenvalue weighted by Gasteiger charge is 2.06. The molecule has 15 heavy (non-hydrogen) atoms. The molecule has 0 amide bonds. The lowest BCUT2D eigenvalue weighted by Crippen LogP contribution is -2.22. The lowest BCUT2D eigenvalue weighted by Gasteiger charge is -2.10. The Morgan fingerprint density at radius 1 is 1.20 bits per heavy atom. The monoisotopic (exact) mass is 213 g/mol. The van der Waals surface area contributed by atoms with Gasteiger partial charge >= 0.3 is 0 Å². The van der Waals surface area contributed by atoms with E-state index in [0.29, 0.717) is 12.0 Å². The molecule has 1 unspecified atom stereocenters. The third-order valence-electron chi connectivity index (χ3n) is 2.35. The van der Waals surface area contributed by atoms with E-state index >= 15 is 0 Å². The first kappa shape index (κ1) is 12.1. The topological polar surface area (TPSA) is 26.0 Å². The molecule has 0 saturated carbocycles. The van der Waals surface area contributed by atoms with E-state index in [-0.39, 0.29) is 6.04 Å². The zero-order chi connectivity index (χ0) is 11.3. The van der Waals surface area contributed by atoms with Crippen LogP contribution in [0.25, 0.3) is 0 Å². The van der Waals surface area contributed by atoms with Crippen LogP contribution >= 0.6 is 0 Å². The van der Waals surface area contributed by atoms with Crippen molar-refractivity contribution in [2.45, 2.75) is 38.6 Å². The van der Waals surface area contributed by atoms with Crippen LogP contribution < -0.4 is 5.73 Å². The number of hydrogen-bond acceptors (Lipinski definition) is 1. The maximum absolute atomic E-state index is 12.8. The molecule has 0 aliphatic heterocycles. The standard InChI is InChI=1S/C12H17F2N/c1-2-3-4-12(15)7-9-5-10(13)8-11(14)6-9/h5-6,8,12H,2-4,7,15H2,1H3. The zero-order valence-corrected chi connectivity index (χ0v) is 8.97. The summed E-state index contributed by atoms with van der Waals surface area (Å²) in [7, 11) is 0. The molecule has 0 saturated heterocycles. The molecule has 0 spiro atoms. The van der Waals surface area contributed by atoms with Gasteiger partial charge in [-0.2, -0.15) is 0 Å². The smallest absolute Gasteiger partial charge is 0.126 e. The van der Waals surface area contributed by atoms with Gasteiger partial charge in [0.2, 0.25) is 0 Å². The van der Waals surface area contributed by atoms with Crippen LogP contribution in [0.4, 0.5) is 8.78 Å². The zero-order valence-electron chi connectivity index (χ0n) is 8.97. The van der Waals surface area contributed by atoms with E-state index in [1.54, 1.807) is 0 Å². The summed E-state index contributed by atoms with van der Waals surface area (Å²) >= 11 is 0. The number of nitrogens with two attached hydrogens (primary N) is 1. The number of unbranched alkanes of at least 4 members (excludes halogenated alkanes) is 1. The second kappa shape index (κ2) is 5.81. The fraction of sp³-hybridized carbons (Fsp3) is 0.500. The van der Waals surface area contributed by atoms with E-state index in [1.807, 2.05) is 0 Å². The minimum Gasteiger partial charge on any atom is -0.327 e. The van der Waals surface area contributed by atoms with Crippen molar-refractivity contribution in [3.8, 4) is 0 Å². The van der Waals surface area contributed by atoms with Crippen molar-refractivity contribution in [3.05, 3.63) is 35.4 Å². The third-order valence-corrected chi connectivity index (χ3v) is 2.35. The Morgan fingerprint density at radius 3 is 2.33 bits per heavy atom. The quantitative estimate of drug-likeness (QED) is 0.799. The molecule has 1 atom stereocenters.